The molecule has 3 heteroatoms. The molecule has 0 saturated heterocycles. The highest BCUT2D eigenvalue weighted by Gasteiger charge is 2.08. The van der Waals surface area contributed by atoms with Gasteiger partial charge in [0.15, 0.2) is 0 Å². The fraction of sp³-hybridized carbons (Fsp3) is 0.417. The monoisotopic (exact) mass is 207 g/mol. The van der Waals surface area contributed by atoms with Crippen LogP contribution < -0.4 is 5.32 Å². The third-order valence-electron chi connectivity index (χ3n) is 2.17. The van der Waals surface area contributed by atoms with Crippen LogP contribution in [0.2, 0.25) is 0 Å². The van der Waals surface area contributed by atoms with Crippen molar-refractivity contribution in [2.45, 2.75) is 26.3 Å². The molecule has 0 aromatic heterocycles. The Bertz CT molecular complexity index is 319. The predicted molar refractivity (Wildman–Crippen MR) is 60.9 cm³/mol. The summed E-state index contributed by atoms with van der Waals surface area (Å²) in [4.78, 5) is 11.0. The summed E-state index contributed by atoms with van der Waals surface area (Å²) < 4.78 is 4.60. The molecule has 1 unspecified atom stereocenters. The minimum Gasteiger partial charge on any atom is -0.469 e. The third-order valence-corrected chi connectivity index (χ3v) is 2.17. The molecule has 0 heterocycles. The standard InChI is InChI=1S/C12H17NO2/c1-9-4-6-11(7-5-9)13-10(2)8-12(14)15-3/h4-7,10,13H,8H2,1-3H3. The number of rotatable bonds is 4. The molecule has 1 N–H and O–H groups in total. The molecule has 0 saturated carbocycles. The Morgan fingerprint density at radius 1 is 1.40 bits per heavy atom. The highest BCUT2D eigenvalue weighted by molar-refractivity contribution is 5.70. The van der Waals surface area contributed by atoms with Gasteiger partial charge in [-0.25, -0.2) is 0 Å². The Kier molecular flexibility index (Phi) is 4.16. The van der Waals surface area contributed by atoms with E-state index >= 15 is 0 Å². The van der Waals surface area contributed by atoms with Crippen LogP contribution in [0.1, 0.15) is 18.9 Å². The van der Waals surface area contributed by atoms with Gasteiger partial charge in [0.05, 0.1) is 13.5 Å². The molecule has 0 amide bonds. The molecule has 1 rings (SSSR count). The van der Waals surface area contributed by atoms with E-state index in [1.165, 1.54) is 12.7 Å². The molecule has 0 fully saturated rings. The minimum atomic E-state index is -0.192. The second-order valence-electron chi connectivity index (χ2n) is 3.69. The van der Waals surface area contributed by atoms with Crippen molar-refractivity contribution in [2.75, 3.05) is 12.4 Å². The lowest BCUT2D eigenvalue weighted by molar-refractivity contribution is -0.140. The van der Waals surface area contributed by atoms with E-state index < -0.39 is 0 Å². The summed E-state index contributed by atoms with van der Waals surface area (Å²) >= 11 is 0. The van der Waals surface area contributed by atoms with Crippen molar-refractivity contribution in [3.8, 4) is 0 Å². The number of carbonyl (C=O) groups is 1. The second kappa shape index (κ2) is 5.39. The number of hydrogen-bond acceptors (Lipinski definition) is 3. The summed E-state index contributed by atoms with van der Waals surface area (Å²) in [6, 6.07) is 8.16. The van der Waals surface area contributed by atoms with E-state index in [1.54, 1.807) is 0 Å². The topological polar surface area (TPSA) is 38.3 Å². The Morgan fingerprint density at radius 2 is 2.00 bits per heavy atom. The van der Waals surface area contributed by atoms with E-state index in [4.69, 9.17) is 0 Å². The molecular weight excluding hydrogens is 190 g/mol. The molecule has 0 spiro atoms. The molecule has 1 aromatic rings. The molecule has 0 aliphatic carbocycles. The summed E-state index contributed by atoms with van der Waals surface area (Å²) in [6.07, 6.45) is 0.379. The normalized spacial score (nSPS) is 11.9. The maximum Gasteiger partial charge on any atom is 0.307 e. The summed E-state index contributed by atoms with van der Waals surface area (Å²) in [7, 11) is 1.40. The Labute approximate surface area is 90.4 Å². The lowest BCUT2D eigenvalue weighted by Gasteiger charge is -2.13. The van der Waals surface area contributed by atoms with Gasteiger partial charge in [0.25, 0.3) is 0 Å². The Morgan fingerprint density at radius 3 is 2.53 bits per heavy atom. The number of ether oxygens (including phenoxy) is 1. The van der Waals surface area contributed by atoms with E-state index in [-0.39, 0.29) is 12.0 Å². The third kappa shape index (κ3) is 4.02. The molecule has 82 valence electrons. The number of esters is 1. The number of aryl methyl sites for hydroxylation is 1. The zero-order valence-corrected chi connectivity index (χ0v) is 9.41. The molecule has 0 aliphatic heterocycles. The zero-order valence-electron chi connectivity index (χ0n) is 9.41. The maximum atomic E-state index is 11.0. The first-order valence-corrected chi connectivity index (χ1v) is 5.02. The quantitative estimate of drug-likeness (QED) is 0.770. The van der Waals surface area contributed by atoms with E-state index in [1.807, 2.05) is 38.1 Å². The van der Waals surface area contributed by atoms with Crippen LogP contribution in [-0.2, 0) is 9.53 Å². The number of methoxy groups -OCH3 is 1. The number of hydrogen-bond donors (Lipinski definition) is 1. The molecule has 0 bridgehead atoms. The summed E-state index contributed by atoms with van der Waals surface area (Å²) in [5, 5.41) is 3.23. The zero-order chi connectivity index (χ0) is 11.3. The van der Waals surface area contributed by atoms with Crippen molar-refractivity contribution < 1.29 is 9.53 Å². The SMILES string of the molecule is COC(=O)CC(C)Nc1ccc(C)cc1. The van der Waals surface area contributed by atoms with Gasteiger partial charge in [-0.05, 0) is 26.0 Å². The summed E-state index contributed by atoms with van der Waals surface area (Å²) in [6.45, 7) is 4.00. The first-order valence-electron chi connectivity index (χ1n) is 5.02. The summed E-state index contributed by atoms with van der Waals surface area (Å²) in [5.74, 6) is -0.192. The van der Waals surface area contributed by atoms with Crippen molar-refractivity contribution in [2.24, 2.45) is 0 Å². The van der Waals surface area contributed by atoms with Crippen LogP contribution in [0.15, 0.2) is 24.3 Å². The lowest BCUT2D eigenvalue weighted by atomic mass is 10.2. The number of benzene rings is 1. The molecular formula is C12H17NO2. The molecule has 0 radical (unpaired) electrons. The van der Waals surface area contributed by atoms with Gasteiger partial charge in [-0.15, -0.1) is 0 Å². The number of anilines is 1. The molecule has 3 nitrogen and oxygen atoms in total. The number of nitrogens with one attached hydrogen (secondary N) is 1. The van der Waals surface area contributed by atoms with Crippen LogP contribution in [0, 0.1) is 6.92 Å². The number of carbonyl (C=O) groups excluding carboxylic acids is 1. The second-order valence-corrected chi connectivity index (χ2v) is 3.69. The fourth-order valence-corrected chi connectivity index (χ4v) is 1.32. The van der Waals surface area contributed by atoms with Crippen LogP contribution in [0.5, 0.6) is 0 Å². The van der Waals surface area contributed by atoms with Gasteiger partial charge in [0.1, 0.15) is 0 Å². The van der Waals surface area contributed by atoms with E-state index in [9.17, 15) is 4.79 Å². The molecule has 1 aromatic carbocycles. The van der Waals surface area contributed by atoms with E-state index in [2.05, 4.69) is 10.1 Å². The minimum absolute atomic E-state index is 0.0835. The first-order chi connectivity index (χ1) is 7.11. The van der Waals surface area contributed by atoms with Gasteiger partial charge >= 0.3 is 5.97 Å². The van der Waals surface area contributed by atoms with Gasteiger partial charge < -0.3 is 10.1 Å². The molecule has 0 aliphatic rings. The average Bonchev–Trinajstić information content (AvgIpc) is 2.21. The van der Waals surface area contributed by atoms with Crippen molar-refractivity contribution in [3.05, 3.63) is 29.8 Å². The van der Waals surface area contributed by atoms with Gasteiger partial charge in [0.2, 0.25) is 0 Å². The van der Waals surface area contributed by atoms with Gasteiger partial charge in [0, 0.05) is 11.7 Å². The molecule has 15 heavy (non-hydrogen) atoms. The molecule has 1 atom stereocenters. The van der Waals surface area contributed by atoms with Crippen molar-refractivity contribution in [3.63, 3.8) is 0 Å². The van der Waals surface area contributed by atoms with Crippen LogP contribution in [-0.4, -0.2) is 19.1 Å². The highest BCUT2D eigenvalue weighted by atomic mass is 16.5. The van der Waals surface area contributed by atoms with E-state index in [0.29, 0.717) is 6.42 Å². The summed E-state index contributed by atoms with van der Waals surface area (Å²) in [5.41, 5.74) is 2.25. The van der Waals surface area contributed by atoms with E-state index in [0.717, 1.165) is 5.69 Å². The van der Waals surface area contributed by atoms with Gasteiger partial charge in [-0.3, -0.25) is 4.79 Å². The lowest BCUT2D eigenvalue weighted by Crippen LogP contribution is -2.20. The Balaban J connectivity index is 2.47. The van der Waals surface area contributed by atoms with Crippen molar-refractivity contribution >= 4 is 11.7 Å². The average molecular weight is 207 g/mol. The van der Waals surface area contributed by atoms with Crippen LogP contribution in [0.4, 0.5) is 5.69 Å². The van der Waals surface area contributed by atoms with Crippen LogP contribution >= 0.6 is 0 Å². The van der Waals surface area contributed by atoms with Gasteiger partial charge in [-0.1, -0.05) is 17.7 Å². The van der Waals surface area contributed by atoms with Crippen LogP contribution in [0.25, 0.3) is 0 Å². The fourth-order valence-electron chi connectivity index (χ4n) is 1.32. The smallest absolute Gasteiger partial charge is 0.307 e. The Hall–Kier alpha value is -1.51. The first kappa shape index (κ1) is 11.6. The van der Waals surface area contributed by atoms with Gasteiger partial charge in [-0.2, -0.15) is 0 Å². The van der Waals surface area contributed by atoms with Crippen LogP contribution in [0.3, 0.4) is 0 Å². The predicted octanol–water partition coefficient (Wildman–Crippen LogP) is 2.36. The largest absolute Gasteiger partial charge is 0.469 e. The highest BCUT2D eigenvalue weighted by Crippen LogP contribution is 2.11. The van der Waals surface area contributed by atoms with Crippen molar-refractivity contribution in [1.82, 2.24) is 0 Å². The maximum absolute atomic E-state index is 11.0. The van der Waals surface area contributed by atoms with Crippen molar-refractivity contribution in [1.29, 1.82) is 0 Å².